The highest BCUT2D eigenvalue weighted by Gasteiger charge is 2.37. The number of hydrogen-bond donors (Lipinski definition) is 2. The van der Waals surface area contributed by atoms with Crippen LogP contribution in [0.1, 0.15) is 41.5 Å². The standard InChI is InChI=1S/C21H25F3N6.2H2/c1-13(2)11-20(25)8-4-10-30(12-20)16-7-6-15(21(22,23)24)18(27-16)17-14-5-3-9-26-19(14)29-28-17;;/h3,5-7,9,13H,4,8,10-12,25H2,1-2H3,(H,26,28,29);2*1H. The Labute approximate surface area is 175 Å². The number of halogens is 3. The Morgan fingerprint density at radius 2 is 2.10 bits per heavy atom. The van der Waals surface area contributed by atoms with Gasteiger partial charge in [-0.3, -0.25) is 5.10 Å². The third kappa shape index (κ3) is 3.98. The average Bonchev–Trinajstić information content (AvgIpc) is 3.10. The fourth-order valence-corrected chi connectivity index (χ4v) is 4.41. The molecule has 1 aliphatic rings. The Kier molecular flexibility index (Phi) is 5.17. The maximum atomic E-state index is 13.8. The number of fused-ring (bicyclic) bond motifs is 1. The van der Waals surface area contributed by atoms with Crippen molar-refractivity contribution in [3.8, 4) is 11.4 Å². The second-order valence-corrected chi connectivity index (χ2v) is 8.52. The van der Waals surface area contributed by atoms with Crippen molar-refractivity contribution in [1.82, 2.24) is 20.2 Å². The van der Waals surface area contributed by atoms with Crippen LogP contribution >= 0.6 is 0 Å². The Balaban J connectivity index is 0.00000181. The molecular formula is C21H29F3N6. The molecule has 3 aromatic heterocycles. The predicted octanol–water partition coefficient (Wildman–Crippen LogP) is 4.87. The van der Waals surface area contributed by atoms with E-state index >= 15 is 0 Å². The molecule has 6 nitrogen and oxygen atoms in total. The SMILES string of the molecule is CC(C)CC1(N)CCCN(c2ccc(C(F)(F)F)c(-c3[nH]nc4ncccc34)n2)C1.[HH].[HH]. The Bertz CT molecular complexity index is 1060. The van der Waals surface area contributed by atoms with E-state index in [1.807, 2.05) is 4.90 Å². The van der Waals surface area contributed by atoms with E-state index in [1.54, 1.807) is 18.3 Å². The molecule has 0 saturated carbocycles. The van der Waals surface area contributed by atoms with Crippen molar-refractivity contribution in [3.05, 3.63) is 36.0 Å². The van der Waals surface area contributed by atoms with Gasteiger partial charge in [-0.2, -0.15) is 18.3 Å². The molecule has 0 bridgehead atoms. The summed E-state index contributed by atoms with van der Waals surface area (Å²) in [5.74, 6) is 0.929. The van der Waals surface area contributed by atoms with E-state index in [-0.39, 0.29) is 19.8 Å². The number of aromatic amines is 1. The number of piperidine rings is 1. The van der Waals surface area contributed by atoms with E-state index in [0.717, 1.165) is 25.3 Å². The van der Waals surface area contributed by atoms with Crippen molar-refractivity contribution >= 4 is 16.9 Å². The van der Waals surface area contributed by atoms with Crippen LogP contribution in [0.5, 0.6) is 0 Å². The summed E-state index contributed by atoms with van der Waals surface area (Å²) in [6.07, 6.45) is -0.375. The highest BCUT2D eigenvalue weighted by molar-refractivity contribution is 5.90. The van der Waals surface area contributed by atoms with Crippen LogP contribution in [-0.2, 0) is 6.18 Å². The molecular weight excluding hydrogens is 393 g/mol. The molecule has 4 rings (SSSR count). The first-order valence-corrected chi connectivity index (χ1v) is 10.1. The van der Waals surface area contributed by atoms with Gasteiger partial charge in [-0.1, -0.05) is 13.8 Å². The van der Waals surface area contributed by atoms with Crippen molar-refractivity contribution in [2.24, 2.45) is 11.7 Å². The number of H-pyrrole nitrogens is 1. The number of rotatable bonds is 4. The predicted molar refractivity (Wildman–Crippen MR) is 114 cm³/mol. The molecule has 9 heteroatoms. The summed E-state index contributed by atoms with van der Waals surface area (Å²) in [5, 5.41) is 7.24. The number of alkyl halides is 3. The molecule has 3 aromatic rings. The normalized spacial score (nSPS) is 20.3. The molecule has 30 heavy (non-hydrogen) atoms. The van der Waals surface area contributed by atoms with Crippen LogP contribution < -0.4 is 10.6 Å². The quantitative estimate of drug-likeness (QED) is 0.626. The van der Waals surface area contributed by atoms with Crippen LogP contribution in [0.15, 0.2) is 30.5 Å². The van der Waals surface area contributed by atoms with Gasteiger partial charge in [0, 0.05) is 33.1 Å². The van der Waals surface area contributed by atoms with Gasteiger partial charge in [-0.25, -0.2) is 9.97 Å². The first kappa shape index (κ1) is 20.6. The molecule has 1 fully saturated rings. The molecule has 1 unspecified atom stereocenters. The summed E-state index contributed by atoms with van der Waals surface area (Å²) >= 11 is 0. The third-order valence-electron chi connectivity index (χ3n) is 5.50. The average molecular weight is 422 g/mol. The fraction of sp³-hybridized carbons (Fsp3) is 0.476. The van der Waals surface area contributed by atoms with Gasteiger partial charge in [0.15, 0.2) is 5.65 Å². The number of nitrogens with two attached hydrogens (primary N) is 1. The van der Waals surface area contributed by atoms with Gasteiger partial charge < -0.3 is 10.6 Å². The van der Waals surface area contributed by atoms with E-state index in [1.165, 1.54) is 6.07 Å². The lowest BCUT2D eigenvalue weighted by atomic mass is 9.83. The number of anilines is 1. The summed E-state index contributed by atoms with van der Waals surface area (Å²) in [7, 11) is 0. The second kappa shape index (κ2) is 7.54. The van der Waals surface area contributed by atoms with Crippen molar-refractivity contribution in [3.63, 3.8) is 0 Å². The van der Waals surface area contributed by atoms with Crippen molar-refractivity contribution in [2.45, 2.75) is 44.8 Å². The molecule has 0 amide bonds. The van der Waals surface area contributed by atoms with Crippen LogP contribution in [0.25, 0.3) is 22.4 Å². The Morgan fingerprint density at radius 1 is 1.30 bits per heavy atom. The number of nitrogens with one attached hydrogen (secondary N) is 1. The van der Waals surface area contributed by atoms with Crippen molar-refractivity contribution in [2.75, 3.05) is 18.0 Å². The summed E-state index contributed by atoms with van der Waals surface area (Å²) < 4.78 is 41.3. The first-order valence-electron chi connectivity index (χ1n) is 10.1. The highest BCUT2D eigenvalue weighted by Crippen LogP contribution is 2.39. The zero-order valence-corrected chi connectivity index (χ0v) is 17.0. The third-order valence-corrected chi connectivity index (χ3v) is 5.50. The van der Waals surface area contributed by atoms with Crippen LogP contribution in [0.3, 0.4) is 0 Å². The Morgan fingerprint density at radius 3 is 2.83 bits per heavy atom. The second-order valence-electron chi connectivity index (χ2n) is 8.52. The fourth-order valence-electron chi connectivity index (χ4n) is 4.41. The minimum absolute atomic E-state index is 0. The molecule has 0 radical (unpaired) electrons. The van der Waals surface area contributed by atoms with Gasteiger partial charge in [0.25, 0.3) is 0 Å². The van der Waals surface area contributed by atoms with Gasteiger partial charge >= 0.3 is 6.18 Å². The molecule has 0 spiro atoms. The van der Waals surface area contributed by atoms with Gasteiger partial charge in [0.05, 0.1) is 11.3 Å². The van der Waals surface area contributed by atoms with Crippen LogP contribution in [0.2, 0.25) is 0 Å². The first-order chi connectivity index (χ1) is 14.2. The van der Waals surface area contributed by atoms with Crippen LogP contribution in [0, 0.1) is 5.92 Å². The number of hydrogen-bond acceptors (Lipinski definition) is 5. The summed E-state index contributed by atoms with van der Waals surface area (Å²) in [5.41, 5.74) is 5.83. The van der Waals surface area contributed by atoms with E-state index in [9.17, 15) is 13.2 Å². The van der Waals surface area contributed by atoms with E-state index in [2.05, 4.69) is 34.0 Å². The summed E-state index contributed by atoms with van der Waals surface area (Å²) in [4.78, 5) is 10.5. The van der Waals surface area contributed by atoms with Crippen LogP contribution in [0.4, 0.5) is 19.0 Å². The Hall–Kier alpha value is -2.68. The van der Waals surface area contributed by atoms with E-state index in [4.69, 9.17) is 5.73 Å². The lowest BCUT2D eigenvalue weighted by molar-refractivity contribution is -0.137. The zero-order chi connectivity index (χ0) is 21.5. The maximum absolute atomic E-state index is 13.8. The van der Waals surface area contributed by atoms with Crippen molar-refractivity contribution in [1.29, 1.82) is 0 Å². The van der Waals surface area contributed by atoms with Gasteiger partial charge in [-0.05, 0) is 49.4 Å². The zero-order valence-electron chi connectivity index (χ0n) is 17.0. The van der Waals surface area contributed by atoms with Crippen molar-refractivity contribution < 1.29 is 16.0 Å². The molecule has 1 saturated heterocycles. The summed E-state index contributed by atoms with van der Waals surface area (Å²) in [6, 6.07) is 5.88. The number of aromatic nitrogens is 4. The molecule has 164 valence electrons. The van der Waals surface area contributed by atoms with E-state index in [0.29, 0.717) is 35.9 Å². The largest absolute Gasteiger partial charge is 0.418 e. The number of pyridine rings is 2. The molecule has 1 atom stereocenters. The smallest absolute Gasteiger partial charge is 0.355 e. The number of nitrogens with zero attached hydrogens (tertiary/aromatic N) is 4. The minimum atomic E-state index is -4.54. The lowest BCUT2D eigenvalue weighted by Crippen LogP contribution is -2.55. The lowest BCUT2D eigenvalue weighted by Gasteiger charge is -2.42. The monoisotopic (exact) mass is 422 g/mol. The highest BCUT2D eigenvalue weighted by atomic mass is 19.4. The molecule has 0 aliphatic carbocycles. The maximum Gasteiger partial charge on any atom is 0.418 e. The van der Waals surface area contributed by atoms with Gasteiger partial charge in [0.2, 0.25) is 0 Å². The molecule has 0 aromatic carbocycles. The summed E-state index contributed by atoms with van der Waals surface area (Å²) in [6.45, 7) is 5.52. The molecule has 4 heterocycles. The van der Waals surface area contributed by atoms with Gasteiger partial charge in [-0.15, -0.1) is 0 Å². The molecule has 3 N–H and O–H groups in total. The topological polar surface area (TPSA) is 83.7 Å². The van der Waals surface area contributed by atoms with Crippen LogP contribution in [-0.4, -0.2) is 38.8 Å². The van der Waals surface area contributed by atoms with Gasteiger partial charge in [0.1, 0.15) is 11.5 Å². The molecule has 1 aliphatic heterocycles. The van der Waals surface area contributed by atoms with E-state index < -0.39 is 11.7 Å². The minimum Gasteiger partial charge on any atom is -0.355 e.